The van der Waals surface area contributed by atoms with Gasteiger partial charge < -0.3 is 19.9 Å². The molecule has 2 heterocycles. The van der Waals surface area contributed by atoms with E-state index in [4.69, 9.17) is 16.3 Å². The van der Waals surface area contributed by atoms with E-state index in [0.717, 1.165) is 24.3 Å². The van der Waals surface area contributed by atoms with Crippen molar-refractivity contribution in [2.24, 2.45) is 7.05 Å². The van der Waals surface area contributed by atoms with Crippen molar-refractivity contribution >= 4 is 45.9 Å². The Hall–Kier alpha value is -2.49. The van der Waals surface area contributed by atoms with Crippen LogP contribution in [0.1, 0.15) is 75.8 Å². The normalized spacial score (nSPS) is 17.2. The van der Waals surface area contributed by atoms with Crippen molar-refractivity contribution in [3.8, 4) is 5.75 Å². The molecule has 0 bridgehead atoms. The quantitative estimate of drug-likeness (QED) is 0.288. The highest BCUT2D eigenvalue weighted by Crippen LogP contribution is 2.41. The van der Waals surface area contributed by atoms with Crippen LogP contribution < -0.4 is 15.4 Å². The third-order valence-electron chi connectivity index (χ3n) is 6.89. The predicted octanol–water partition coefficient (Wildman–Crippen LogP) is 6.76. The molecule has 1 aromatic carbocycles. The third-order valence-corrected chi connectivity index (χ3v) is 8.70. The first-order chi connectivity index (χ1) is 17.8. The molecule has 0 aliphatic heterocycles. The van der Waals surface area contributed by atoms with Gasteiger partial charge in [-0.25, -0.2) is 4.98 Å². The van der Waals surface area contributed by atoms with Crippen LogP contribution in [-0.2, 0) is 18.2 Å². The number of anilines is 4. The minimum Gasteiger partial charge on any atom is -0.610 e. The molecule has 5 rings (SSSR count). The average molecular weight is 543 g/mol. The molecule has 2 N–H and O–H groups in total. The molecular formula is C27H35ClN6O2S. The number of nitrogens with one attached hydrogen (secondary N) is 2. The van der Waals surface area contributed by atoms with Gasteiger partial charge in [0.1, 0.15) is 21.7 Å². The van der Waals surface area contributed by atoms with Crippen LogP contribution in [0.5, 0.6) is 5.75 Å². The van der Waals surface area contributed by atoms with E-state index in [0.29, 0.717) is 33.4 Å². The van der Waals surface area contributed by atoms with Crippen LogP contribution >= 0.6 is 11.6 Å². The molecule has 0 amide bonds. The monoisotopic (exact) mass is 542 g/mol. The molecule has 2 aliphatic carbocycles. The van der Waals surface area contributed by atoms with Gasteiger partial charge in [0.2, 0.25) is 5.95 Å². The Morgan fingerprint density at radius 3 is 2.57 bits per heavy atom. The lowest BCUT2D eigenvalue weighted by molar-refractivity contribution is 0.304. The molecular weight excluding hydrogens is 508 g/mol. The van der Waals surface area contributed by atoms with E-state index < -0.39 is 11.2 Å². The maximum absolute atomic E-state index is 12.8. The molecule has 2 saturated carbocycles. The Labute approximate surface area is 226 Å². The molecule has 0 radical (unpaired) electrons. The van der Waals surface area contributed by atoms with Crippen LogP contribution in [0, 0.1) is 6.92 Å². The van der Waals surface area contributed by atoms with Crippen molar-refractivity contribution < 1.29 is 9.29 Å². The summed E-state index contributed by atoms with van der Waals surface area (Å²) in [5.41, 5.74) is 4.09. The highest BCUT2D eigenvalue weighted by molar-refractivity contribution is 7.92. The standard InChI is InChI=1S/C27H35ClN6O2S/c1-16(2)37(35)26-23(15-34(4)33-26)30-25-21(28)14-29-27(32-25)31-22-12-17(3)20(18-8-6-5-7-9-18)13-24(22)36-19-10-11-19/h12-16,18-19H,5-11H2,1-4H3,(H2,29,30,31,32). The molecule has 2 fully saturated rings. The molecule has 37 heavy (non-hydrogen) atoms. The second-order valence-corrected chi connectivity index (χ2v) is 12.7. The topological polar surface area (TPSA) is 100.0 Å². The SMILES string of the molecule is Cc1cc(Nc2ncc(Cl)c(Nc3cn(C)nc3[S+]([O-])C(C)C)n2)c(OC2CC2)cc1C1CCCCC1. The van der Waals surface area contributed by atoms with Crippen LogP contribution in [-0.4, -0.2) is 35.7 Å². The summed E-state index contributed by atoms with van der Waals surface area (Å²) in [5.74, 6) is 2.25. The van der Waals surface area contributed by atoms with Crippen LogP contribution in [0.4, 0.5) is 23.1 Å². The second-order valence-electron chi connectivity index (χ2n) is 10.4. The summed E-state index contributed by atoms with van der Waals surface area (Å²) in [6, 6.07) is 4.38. The van der Waals surface area contributed by atoms with Crippen molar-refractivity contribution in [1.82, 2.24) is 19.7 Å². The van der Waals surface area contributed by atoms with Gasteiger partial charge in [0.15, 0.2) is 5.82 Å². The Bertz CT molecular complexity index is 1260. The van der Waals surface area contributed by atoms with Crippen molar-refractivity contribution in [2.45, 2.75) is 88.0 Å². The fourth-order valence-corrected chi connectivity index (χ4v) is 5.92. The van der Waals surface area contributed by atoms with E-state index >= 15 is 0 Å². The zero-order chi connectivity index (χ0) is 26.1. The first kappa shape index (κ1) is 26.1. The lowest BCUT2D eigenvalue weighted by Crippen LogP contribution is -2.16. The van der Waals surface area contributed by atoms with Crippen LogP contribution in [0.15, 0.2) is 29.6 Å². The van der Waals surface area contributed by atoms with E-state index in [9.17, 15) is 4.55 Å². The number of halogens is 1. The van der Waals surface area contributed by atoms with Gasteiger partial charge in [-0.3, -0.25) is 4.68 Å². The molecule has 2 aromatic heterocycles. The smallest absolute Gasteiger partial charge is 0.286 e. The van der Waals surface area contributed by atoms with Crippen LogP contribution in [0.3, 0.4) is 0 Å². The van der Waals surface area contributed by atoms with Gasteiger partial charge in [-0.15, -0.1) is 5.10 Å². The Balaban J connectivity index is 1.42. The lowest BCUT2D eigenvalue weighted by atomic mass is 9.82. The van der Waals surface area contributed by atoms with Crippen molar-refractivity contribution in [3.05, 3.63) is 40.7 Å². The number of benzene rings is 1. The minimum atomic E-state index is -1.27. The minimum absolute atomic E-state index is 0.0711. The fraction of sp³-hybridized carbons (Fsp3) is 0.519. The van der Waals surface area contributed by atoms with Gasteiger partial charge in [0.05, 0.1) is 24.2 Å². The molecule has 2 aliphatic rings. The average Bonchev–Trinajstić information content (AvgIpc) is 3.62. The first-order valence-corrected chi connectivity index (χ1v) is 14.7. The van der Waals surface area contributed by atoms with Crippen molar-refractivity contribution in [2.75, 3.05) is 10.6 Å². The number of ether oxygens (including phenoxy) is 1. The van der Waals surface area contributed by atoms with E-state index in [-0.39, 0.29) is 11.4 Å². The third kappa shape index (κ3) is 6.16. The summed E-state index contributed by atoms with van der Waals surface area (Å²) in [6.07, 6.45) is 12.2. The summed E-state index contributed by atoms with van der Waals surface area (Å²) in [7, 11) is 1.79. The van der Waals surface area contributed by atoms with Crippen molar-refractivity contribution in [1.29, 1.82) is 0 Å². The fourth-order valence-electron chi connectivity index (χ4n) is 4.81. The molecule has 0 saturated heterocycles. The van der Waals surface area contributed by atoms with E-state index in [1.807, 2.05) is 13.8 Å². The predicted molar refractivity (Wildman–Crippen MR) is 149 cm³/mol. The van der Waals surface area contributed by atoms with Gasteiger partial charge in [-0.2, -0.15) is 4.98 Å². The van der Waals surface area contributed by atoms with Crippen LogP contribution in [0.2, 0.25) is 5.02 Å². The molecule has 198 valence electrons. The number of hydrogen-bond acceptors (Lipinski definition) is 7. The van der Waals surface area contributed by atoms with Gasteiger partial charge >= 0.3 is 0 Å². The molecule has 1 atom stereocenters. The van der Waals surface area contributed by atoms with Gasteiger partial charge in [0.25, 0.3) is 5.03 Å². The van der Waals surface area contributed by atoms with E-state index in [2.05, 4.69) is 44.8 Å². The maximum Gasteiger partial charge on any atom is 0.286 e. The molecule has 10 heteroatoms. The highest BCUT2D eigenvalue weighted by Gasteiger charge is 2.27. The summed E-state index contributed by atoms with van der Waals surface area (Å²) >= 11 is 5.18. The highest BCUT2D eigenvalue weighted by atomic mass is 35.5. The largest absolute Gasteiger partial charge is 0.610 e. The molecule has 0 spiro atoms. The Morgan fingerprint density at radius 1 is 1.11 bits per heavy atom. The zero-order valence-corrected chi connectivity index (χ0v) is 23.5. The lowest BCUT2D eigenvalue weighted by Gasteiger charge is -2.25. The number of rotatable bonds is 9. The van der Waals surface area contributed by atoms with E-state index in [1.165, 1.54) is 43.2 Å². The van der Waals surface area contributed by atoms with Gasteiger partial charge in [-0.1, -0.05) is 30.9 Å². The Morgan fingerprint density at radius 2 is 1.86 bits per heavy atom. The van der Waals surface area contributed by atoms with E-state index in [1.54, 1.807) is 24.1 Å². The number of nitrogens with zero attached hydrogens (tertiary/aromatic N) is 4. The number of aryl methyl sites for hydroxylation is 2. The Kier molecular flexibility index (Phi) is 7.83. The molecule has 8 nitrogen and oxygen atoms in total. The van der Waals surface area contributed by atoms with Gasteiger partial charge in [-0.05, 0) is 75.6 Å². The molecule has 1 unspecified atom stereocenters. The second kappa shape index (κ2) is 11.1. The first-order valence-electron chi connectivity index (χ1n) is 13.1. The number of hydrogen-bond donors (Lipinski definition) is 2. The summed E-state index contributed by atoms with van der Waals surface area (Å²) < 4.78 is 20.7. The summed E-state index contributed by atoms with van der Waals surface area (Å²) in [4.78, 5) is 9.05. The van der Waals surface area contributed by atoms with Gasteiger partial charge in [0, 0.05) is 18.2 Å². The maximum atomic E-state index is 12.8. The number of aromatic nitrogens is 4. The summed E-state index contributed by atoms with van der Waals surface area (Å²) in [6.45, 7) is 5.97. The zero-order valence-electron chi connectivity index (χ0n) is 21.9. The van der Waals surface area contributed by atoms with Crippen LogP contribution in [0.25, 0.3) is 0 Å². The summed E-state index contributed by atoms with van der Waals surface area (Å²) in [5, 5.41) is 11.7. The van der Waals surface area contributed by atoms with Crippen molar-refractivity contribution in [3.63, 3.8) is 0 Å². The molecule has 3 aromatic rings.